The molecule has 5 rings (SSSR count). The fraction of sp³-hybridized carbons (Fsp3) is 0.360. The summed E-state index contributed by atoms with van der Waals surface area (Å²) in [5.74, 6) is 2.05. The Bertz CT molecular complexity index is 1230. The van der Waals surface area contributed by atoms with Crippen molar-refractivity contribution < 1.29 is 8.42 Å². The molecule has 1 fully saturated rings. The molecule has 0 atom stereocenters. The molecule has 0 aliphatic carbocycles. The van der Waals surface area contributed by atoms with Crippen LogP contribution >= 0.6 is 0 Å². The molecule has 0 spiro atoms. The summed E-state index contributed by atoms with van der Waals surface area (Å²) in [4.78, 5) is 14.1. The lowest BCUT2D eigenvalue weighted by molar-refractivity contribution is 0.255. The van der Waals surface area contributed by atoms with Gasteiger partial charge < -0.3 is 15.1 Å². The largest absolute Gasteiger partial charge is 0.326 e. The average molecular weight is 464 g/mol. The zero-order chi connectivity index (χ0) is 23.0. The van der Waals surface area contributed by atoms with Crippen LogP contribution in [0, 0.1) is 0 Å². The van der Waals surface area contributed by atoms with Gasteiger partial charge in [-0.15, -0.1) is 0 Å². The Hall–Kier alpha value is -2.97. The Labute approximate surface area is 195 Å². The van der Waals surface area contributed by atoms with Crippen LogP contribution in [0.4, 0.5) is 23.1 Å². The highest BCUT2D eigenvalue weighted by Crippen LogP contribution is 2.34. The number of benzene rings is 2. The van der Waals surface area contributed by atoms with Crippen molar-refractivity contribution in [2.75, 3.05) is 43.2 Å². The topological polar surface area (TPSA) is 78.4 Å². The van der Waals surface area contributed by atoms with Gasteiger partial charge in [0.15, 0.2) is 9.84 Å². The van der Waals surface area contributed by atoms with E-state index in [1.165, 1.54) is 24.7 Å². The van der Waals surface area contributed by atoms with Crippen molar-refractivity contribution in [3.05, 3.63) is 65.9 Å². The number of nitrogens with one attached hydrogen (secondary N) is 1. The molecule has 1 aromatic heterocycles. The predicted octanol–water partition coefficient (Wildman–Crippen LogP) is 4.13. The third-order valence-corrected chi connectivity index (χ3v) is 7.76. The zero-order valence-corrected chi connectivity index (χ0v) is 19.8. The standard InChI is InChI=1S/C25H29N5O2S/c1-29-14-11-19(12-15-29)18-3-5-21(6-4-18)27-25-26-17-20-13-16-30(24(20)28-25)22-7-9-23(10-8-22)33(2,31)32/h3-10,17,19H,11-16H2,1-2H3,(H,26,27,28). The molecule has 1 N–H and O–H groups in total. The summed E-state index contributed by atoms with van der Waals surface area (Å²) in [6, 6.07) is 15.6. The smallest absolute Gasteiger partial charge is 0.229 e. The number of fused-ring (bicyclic) bond motifs is 1. The Morgan fingerprint density at radius 3 is 2.33 bits per heavy atom. The third-order valence-electron chi connectivity index (χ3n) is 6.64. The van der Waals surface area contributed by atoms with Gasteiger partial charge in [-0.05, 0) is 87.3 Å². The molecular formula is C25H29N5O2S. The number of sulfone groups is 1. The number of aromatic nitrogens is 2. The van der Waals surface area contributed by atoms with Crippen LogP contribution in [0.2, 0.25) is 0 Å². The molecule has 2 aliphatic rings. The lowest BCUT2D eigenvalue weighted by Crippen LogP contribution is -2.29. The van der Waals surface area contributed by atoms with Gasteiger partial charge in [0.2, 0.25) is 5.95 Å². The van der Waals surface area contributed by atoms with E-state index < -0.39 is 9.84 Å². The molecule has 1 saturated heterocycles. The van der Waals surface area contributed by atoms with E-state index in [2.05, 4.69) is 51.4 Å². The Morgan fingerprint density at radius 2 is 1.67 bits per heavy atom. The highest BCUT2D eigenvalue weighted by molar-refractivity contribution is 7.90. The van der Waals surface area contributed by atoms with E-state index in [1.807, 2.05) is 18.3 Å². The maximum atomic E-state index is 11.8. The minimum atomic E-state index is -3.21. The van der Waals surface area contributed by atoms with Gasteiger partial charge in [-0.3, -0.25) is 0 Å². The molecule has 0 unspecified atom stereocenters. The van der Waals surface area contributed by atoms with Crippen molar-refractivity contribution in [2.45, 2.75) is 30.1 Å². The van der Waals surface area contributed by atoms with Crippen molar-refractivity contribution in [3.8, 4) is 0 Å². The minimum Gasteiger partial charge on any atom is -0.326 e. The van der Waals surface area contributed by atoms with E-state index in [9.17, 15) is 8.42 Å². The second kappa shape index (κ2) is 8.76. The molecule has 0 bridgehead atoms. The summed E-state index contributed by atoms with van der Waals surface area (Å²) in [7, 11) is -1.03. The fourth-order valence-corrected chi connectivity index (χ4v) is 5.27. The van der Waals surface area contributed by atoms with Crippen LogP contribution in [0.1, 0.15) is 29.9 Å². The molecule has 7 nitrogen and oxygen atoms in total. The van der Waals surface area contributed by atoms with Crippen LogP contribution in [0.3, 0.4) is 0 Å². The molecule has 0 radical (unpaired) electrons. The van der Waals surface area contributed by atoms with E-state index in [1.54, 1.807) is 12.1 Å². The first kappa shape index (κ1) is 21.9. The van der Waals surface area contributed by atoms with Crippen LogP contribution in [0.15, 0.2) is 59.6 Å². The van der Waals surface area contributed by atoms with Crippen molar-refractivity contribution in [3.63, 3.8) is 0 Å². The van der Waals surface area contributed by atoms with E-state index in [0.717, 1.165) is 48.8 Å². The van der Waals surface area contributed by atoms with Crippen LogP contribution in [-0.2, 0) is 16.3 Å². The highest BCUT2D eigenvalue weighted by Gasteiger charge is 2.24. The molecule has 0 saturated carbocycles. The van der Waals surface area contributed by atoms with Crippen molar-refractivity contribution >= 4 is 33.0 Å². The second-order valence-corrected chi connectivity index (χ2v) is 11.1. The number of hydrogen-bond donors (Lipinski definition) is 1. The van der Waals surface area contributed by atoms with Crippen LogP contribution in [0.25, 0.3) is 0 Å². The monoisotopic (exact) mass is 463 g/mol. The zero-order valence-electron chi connectivity index (χ0n) is 19.0. The van der Waals surface area contributed by atoms with Gasteiger partial charge in [0, 0.05) is 35.9 Å². The van der Waals surface area contributed by atoms with Crippen LogP contribution in [0.5, 0.6) is 0 Å². The summed E-state index contributed by atoms with van der Waals surface area (Å²) in [5, 5.41) is 3.34. The number of anilines is 4. The van der Waals surface area contributed by atoms with Crippen molar-refractivity contribution in [2.24, 2.45) is 0 Å². The normalized spacial score (nSPS) is 17.2. The average Bonchev–Trinajstić information content (AvgIpc) is 3.23. The third kappa shape index (κ3) is 4.72. The van der Waals surface area contributed by atoms with E-state index >= 15 is 0 Å². The molecule has 8 heteroatoms. The Morgan fingerprint density at radius 1 is 0.970 bits per heavy atom. The fourth-order valence-electron chi connectivity index (χ4n) is 4.64. The van der Waals surface area contributed by atoms with E-state index in [4.69, 9.17) is 4.98 Å². The Kier molecular flexibility index (Phi) is 5.80. The number of nitrogens with zero attached hydrogens (tertiary/aromatic N) is 4. The van der Waals surface area contributed by atoms with Gasteiger partial charge in [-0.1, -0.05) is 12.1 Å². The van der Waals surface area contributed by atoms with Gasteiger partial charge in [0.05, 0.1) is 4.90 Å². The summed E-state index contributed by atoms with van der Waals surface area (Å²) in [6.45, 7) is 3.10. The number of hydrogen-bond acceptors (Lipinski definition) is 7. The van der Waals surface area contributed by atoms with Gasteiger partial charge >= 0.3 is 0 Å². The minimum absolute atomic E-state index is 0.319. The molecule has 0 amide bonds. The molecule has 3 heterocycles. The van der Waals surface area contributed by atoms with E-state index in [0.29, 0.717) is 16.8 Å². The predicted molar refractivity (Wildman–Crippen MR) is 131 cm³/mol. The van der Waals surface area contributed by atoms with Crippen LogP contribution < -0.4 is 10.2 Å². The molecule has 172 valence electrons. The lowest BCUT2D eigenvalue weighted by atomic mass is 9.89. The molecule has 2 aliphatic heterocycles. The number of rotatable bonds is 5. The van der Waals surface area contributed by atoms with Crippen molar-refractivity contribution in [1.29, 1.82) is 0 Å². The molecular weight excluding hydrogens is 434 g/mol. The SMILES string of the molecule is CN1CCC(c2ccc(Nc3ncc4c(n3)N(c3ccc(S(C)(=O)=O)cc3)CC4)cc2)CC1. The molecule has 33 heavy (non-hydrogen) atoms. The Balaban J connectivity index is 1.31. The maximum absolute atomic E-state index is 11.8. The summed E-state index contributed by atoms with van der Waals surface area (Å²) in [5.41, 5.74) is 4.37. The van der Waals surface area contributed by atoms with Gasteiger partial charge in [-0.25, -0.2) is 13.4 Å². The number of likely N-dealkylation sites (tertiary alicyclic amines) is 1. The first-order chi connectivity index (χ1) is 15.9. The number of piperidine rings is 1. The lowest BCUT2D eigenvalue weighted by Gasteiger charge is -2.29. The summed E-state index contributed by atoms with van der Waals surface area (Å²) in [6.07, 6.45) is 6.37. The van der Waals surface area contributed by atoms with Crippen LogP contribution in [-0.4, -0.2) is 56.2 Å². The first-order valence-corrected chi connectivity index (χ1v) is 13.2. The second-order valence-electron chi connectivity index (χ2n) is 9.03. The summed E-state index contributed by atoms with van der Waals surface area (Å²) < 4.78 is 23.5. The molecule has 3 aromatic rings. The summed E-state index contributed by atoms with van der Waals surface area (Å²) >= 11 is 0. The quantitative estimate of drug-likeness (QED) is 0.610. The van der Waals surface area contributed by atoms with Gasteiger partial charge in [0.1, 0.15) is 5.82 Å². The van der Waals surface area contributed by atoms with E-state index in [-0.39, 0.29) is 0 Å². The van der Waals surface area contributed by atoms with Gasteiger partial charge in [0.25, 0.3) is 0 Å². The first-order valence-electron chi connectivity index (χ1n) is 11.4. The maximum Gasteiger partial charge on any atom is 0.229 e. The highest BCUT2D eigenvalue weighted by atomic mass is 32.2. The van der Waals surface area contributed by atoms with Gasteiger partial charge in [-0.2, -0.15) is 4.98 Å². The molecule has 2 aromatic carbocycles. The van der Waals surface area contributed by atoms with Crippen molar-refractivity contribution in [1.82, 2.24) is 14.9 Å².